The zero-order valence-corrected chi connectivity index (χ0v) is 14.5. The van der Waals surface area contributed by atoms with Crippen LogP contribution in [0.5, 0.6) is 11.5 Å². The number of hydrogen-bond donors (Lipinski definition) is 1. The highest BCUT2D eigenvalue weighted by atomic mass is 16.5. The van der Waals surface area contributed by atoms with E-state index in [1.54, 1.807) is 14.2 Å². The standard InChI is InChI=1S/C20H25NO3/c1-15(18-10-9-17(23-2)14-19(18)24-3)13-20(22)21-12-11-16-7-5-4-6-8-16/h4-10,14-15H,11-13H2,1-3H3,(H,21,22). The van der Waals surface area contributed by atoms with Gasteiger partial charge in [-0.15, -0.1) is 0 Å². The minimum absolute atomic E-state index is 0.0521. The Balaban J connectivity index is 1.87. The lowest BCUT2D eigenvalue weighted by molar-refractivity contribution is -0.121. The average Bonchev–Trinajstić information content (AvgIpc) is 2.61. The van der Waals surface area contributed by atoms with E-state index in [1.165, 1.54) is 5.56 Å². The summed E-state index contributed by atoms with van der Waals surface area (Å²) in [5.74, 6) is 1.62. The van der Waals surface area contributed by atoms with Crippen molar-refractivity contribution in [3.8, 4) is 11.5 Å². The number of amides is 1. The van der Waals surface area contributed by atoms with Gasteiger partial charge in [-0.05, 0) is 29.5 Å². The van der Waals surface area contributed by atoms with Crippen LogP contribution in [-0.2, 0) is 11.2 Å². The first kappa shape index (κ1) is 17.9. The number of hydrogen-bond acceptors (Lipinski definition) is 3. The quantitative estimate of drug-likeness (QED) is 0.806. The molecule has 0 aliphatic heterocycles. The number of ether oxygens (including phenoxy) is 2. The fourth-order valence-electron chi connectivity index (χ4n) is 2.68. The highest BCUT2D eigenvalue weighted by Gasteiger charge is 2.16. The Morgan fingerprint density at radius 3 is 2.50 bits per heavy atom. The third-order valence-electron chi connectivity index (χ3n) is 4.04. The highest BCUT2D eigenvalue weighted by molar-refractivity contribution is 5.77. The van der Waals surface area contributed by atoms with Crippen molar-refractivity contribution < 1.29 is 14.3 Å². The maximum atomic E-state index is 12.2. The third kappa shape index (κ3) is 5.01. The normalized spacial score (nSPS) is 11.6. The van der Waals surface area contributed by atoms with Gasteiger partial charge >= 0.3 is 0 Å². The summed E-state index contributed by atoms with van der Waals surface area (Å²) in [6.07, 6.45) is 1.27. The second kappa shape index (κ2) is 8.96. The minimum atomic E-state index is 0.0521. The lowest BCUT2D eigenvalue weighted by Crippen LogP contribution is -2.26. The molecule has 4 nitrogen and oxygen atoms in total. The van der Waals surface area contributed by atoms with E-state index in [4.69, 9.17) is 9.47 Å². The first-order valence-corrected chi connectivity index (χ1v) is 8.16. The van der Waals surface area contributed by atoms with E-state index in [1.807, 2.05) is 43.3 Å². The lowest BCUT2D eigenvalue weighted by atomic mass is 9.96. The van der Waals surface area contributed by atoms with Crippen molar-refractivity contribution in [2.45, 2.75) is 25.7 Å². The Labute approximate surface area is 143 Å². The van der Waals surface area contributed by atoms with E-state index in [0.717, 1.165) is 23.5 Å². The van der Waals surface area contributed by atoms with Gasteiger partial charge in [-0.25, -0.2) is 0 Å². The Morgan fingerprint density at radius 2 is 1.83 bits per heavy atom. The molecule has 0 bridgehead atoms. The van der Waals surface area contributed by atoms with E-state index in [9.17, 15) is 4.79 Å². The van der Waals surface area contributed by atoms with Crippen molar-refractivity contribution >= 4 is 5.91 Å². The summed E-state index contributed by atoms with van der Waals surface area (Å²) >= 11 is 0. The number of carbonyl (C=O) groups is 1. The van der Waals surface area contributed by atoms with E-state index in [0.29, 0.717) is 13.0 Å². The highest BCUT2D eigenvalue weighted by Crippen LogP contribution is 2.32. The van der Waals surface area contributed by atoms with Crippen LogP contribution in [0.25, 0.3) is 0 Å². The fourth-order valence-corrected chi connectivity index (χ4v) is 2.68. The van der Waals surface area contributed by atoms with Crippen molar-refractivity contribution in [2.75, 3.05) is 20.8 Å². The summed E-state index contributed by atoms with van der Waals surface area (Å²) in [5, 5.41) is 2.99. The van der Waals surface area contributed by atoms with Gasteiger partial charge in [-0.1, -0.05) is 43.3 Å². The Hall–Kier alpha value is -2.49. The Morgan fingerprint density at radius 1 is 1.08 bits per heavy atom. The van der Waals surface area contributed by atoms with Gasteiger partial charge in [0.1, 0.15) is 11.5 Å². The maximum Gasteiger partial charge on any atom is 0.220 e. The SMILES string of the molecule is COc1ccc(C(C)CC(=O)NCCc2ccccc2)c(OC)c1. The molecule has 2 aromatic carbocycles. The minimum Gasteiger partial charge on any atom is -0.497 e. The first-order chi connectivity index (χ1) is 11.6. The van der Waals surface area contributed by atoms with Crippen LogP contribution >= 0.6 is 0 Å². The zero-order chi connectivity index (χ0) is 17.4. The van der Waals surface area contributed by atoms with Crippen LogP contribution in [0.1, 0.15) is 30.4 Å². The number of benzene rings is 2. The molecule has 0 aliphatic carbocycles. The fraction of sp³-hybridized carbons (Fsp3) is 0.350. The summed E-state index contributed by atoms with van der Waals surface area (Å²) in [6.45, 7) is 2.68. The molecule has 1 N–H and O–H groups in total. The van der Waals surface area contributed by atoms with E-state index < -0.39 is 0 Å². The molecule has 0 radical (unpaired) electrons. The third-order valence-corrected chi connectivity index (χ3v) is 4.04. The van der Waals surface area contributed by atoms with Gasteiger partial charge in [0.15, 0.2) is 0 Å². The second-order valence-electron chi connectivity index (χ2n) is 5.80. The van der Waals surface area contributed by atoms with Gasteiger partial charge in [0.2, 0.25) is 5.91 Å². The molecule has 2 rings (SSSR count). The summed E-state index contributed by atoms with van der Waals surface area (Å²) in [4.78, 5) is 12.2. The van der Waals surface area contributed by atoms with Crippen LogP contribution < -0.4 is 14.8 Å². The Kier molecular flexibility index (Phi) is 6.67. The van der Waals surface area contributed by atoms with Crippen molar-refractivity contribution in [3.63, 3.8) is 0 Å². The predicted molar refractivity (Wildman–Crippen MR) is 95.7 cm³/mol. The molecule has 0 heterocycles. The van der Waals surface area contributed by atoms with Gasteiger partial charge in [0.25, 0.3) is 0 Å². The lowest BCUT2D eigenvalue weighted by Gasteiger charge is -2.16. The molecular weight excluding hydrogens is 302 g/mol. The average molecular weight is 327 g/mol. The van der Waals surface area contributed by atoms with Crippen LogP contribution in [0.3, 0.4) is 0 Å². The van der Waals surface area contributed by atoms with Crippen LogP contribution in [-0.4, -0.2) is 26.7 Å². The first-order valence-electron chi connectivity index (χ1n) is 8.16. The zero-order valence-electron chi connectivity index (χ0n) is 14.5. The molecule has 4 heteroatoms. The van der Waals surface area contributed by atoms with Gasteiger partial charge in [0, 0.05) is 19.0 Å². The van der Waals surface area contributed by atoms with E-state index in [-0.39, 0.29) is 11.8 Å². The molecule has 0 fully saturated rings. The second-order valence-corrected chi connectivity index (χ2v) is 5.80. The van der Waals surface area contributed by atoms with Crippen LogP contribution in [0, 0.1) is 0 Å². The molecule has 24 heavy (non-hydrogen) atoms. The van der Waals surface area contributed by atoms with Gasteiger partial charge in [-0.2, -0.15) is 0 Å². The van der Waals surface area contributed by atoms with Crippen LogP contribution in [0.4, 0.5) is 0 Å². The van der Waals surface area contributed by atoms with E-state index in [2.05, 4.69) is 17.4 Å². The summed E-state index contributed by atoms with van der Waals surface area (Å²) in [7, 11) is 3.25. The predicted octanol–water partition coefficient (Wildman–Crippen LogP) is 3.56. The van der Waals surface area contributed by atoms with Crippen molar-refractivity contribution in [1.82, 2.24) is 5.32 Å². The molecule has 0 saturated heterocycles. The monoisotopic (exact) mass is 327 g/mol. The topological polar surface area (TPSA) is 47.6 Å². The molecule has 128 valence electrons. The number of nitrogens with one attached hydrogen (secondary N) is 1. The van der Waals surface area contributed by atoms with Crippen LogP contribution in [0.15, 0.2) is 48.5 Å². The molecule has 1 amide bonds. The smallest absolute Gasteiger partial charge is 0.220 e. The molecule has 1 unspecified atom stereocenters. The van der Waals surface area contributed by atoms with E-state index >= 15 is 0 Å². The van der Waals surface area contributed by atoms with Gasteiger partial charge in [0.05, 0.1) is 14.2 Å². The van der Waals surface area contributed by atoms with Crippen molar-refractivity contribution in [2.24, 2.45) is 0 Å². The molecule has 0 spiro atoms. The molecule has 0 aromatic heterocycles. The van der Waals surface area contributed by atoms with Crippen LogP contribution in [0.2, 0.25) is 0 Å². The van der Waals surface area contributed by atoms with Crippen molar-refractivity contribution in [3.05, 3.63) is 59.7 Å². The summed E-state index contributed by atoms with van der Waals surface area (Å²) in [5.41, 5.74) is 2.24. The molecular formula is C20H25NO3. The maximum absolute atomic E-state index is 12.2. The molecule has 0 saturated carbocycles. The Bertz CT molecular complexity index is 655. The molecule has 0 aliphatic rings. The van der Waals surface area contributed by atoms with Crippen molar-refractivity contribution in [1.29, 1.82) is 0 Å². The number of methoxy groups -OCH3 is 2. The summed E-state index contributed by atoms with van der Waals surface area (Å²) < 4.78 is 10.6. The van der Waals surface area contributed by atoms with Gasteiger partial charge in [-0.3, -0.25) is 4.79 Å². The number of rotatable bonds is 8. The van der Waals surface area contributed by atoms with Gasteiger partial charge < -0.3 is 14.8 Å². The summed E-state index contributed by atoms with van der Waals surface area (Å²) in [6, 6.07) is 15.8. The molecule has 2 aromatic rings. The largest absolute Gasteiger partial charge is 0.497 e. The molecule has 1 atom stereocenters. The number of carbonyl (C=O) groups excluding carboxylic acids is 1.